The third-order valence-electron chi connectivity index (χ3n) is 2.37. The summed E-state index contributed by atoms with van der Waals surface area (Å²) in [6.45, 7) is 1.82. The third-order valence-corrected chi connectivity index (χ3v) is 3.42. The van der Waals surface area contributed by atoms with Gasteiger partial charge in [-0.2, -0.15) is 0 Å². The Morgan fingerprint density at radius 2 is 2.62 bits per heavy atom. The summed E-state index contributed by atoms with van der Waals surface area (Å²) in [6.07, 6.45) is 2.62. The highest BCUT2D eigenvalue weighted by Gasteiger charge is 2.19. The van der Waals surface area contributed by atoms with Crippen molar-refractivity contribution in [3.05, 3.63) is 21.9 Å². The quantitative estimate of drug-likeness (QED) is 0.782. The summed E-state index contributed by atoms with van der Waals surface area (Å²) in [6, 6.07) is 2.23. The largest absolute Gasteiger partial charge is 0.371 e. The van der Waals surface area contributed by atoms with Crippen molar-refractivity contribution in [1.29, 1.82) is 0 Å². The van der Waals surface area contributed by atoms with Crippen molar-refractivity contribution in [2.24, 2.45) is 0 Å². The summed E-state index contributed by atoms with van der Waals surface area (Å²) < 4.78 is 5.78. The van der Waals surface area contributed by atoms with Gasteiger partial charge in [0.15, 0.2) is 0 Å². The van der Waals surface area contributed by atoms with Crippen LogP contribution in [-0.2, 0) is 11.2 Å². The maximum Gasteiger partial charge on any atom is 0.104 e. The topological polar surface area (TPSA) is 21.3 Å². The predicted molar refractivity (Wildman–Crippen MR) is 55.3 cm³/mol. The fourth-order valence-corrected chi connectivity index (χ4v) is 2.74. The lowest BCUT2D eigenvalue weighted by Crippen LogP contribution is -2.18. The van der Waals surface area contributed by atoms with Crippen LogP contribution in [0.5, 0.6) is 0 Å². The van der Waals surface area contributed by atoms with Crippen molar-refractivity contribution in [3.63, 3.8) is 0 Å². The second-order valence-electron chi connectivity index (χ2n) is 3.33. The zero-order valence-electron chi connectivity index (χ0n) is 7.88. The van der Waals surface area contributed by atoms with Crippen molar-refractivity contribution in [1.82, 2.24) is 5.32 Å². The molecule has 0 aromatic carbocycles. The lowest BCUT2D eigenvalue weighted by atomic mass is 10.1. The number of thiophene rings is 1. The maximum absolute atomic E-state index is 5.78. The first-order valence-corrected chi connectivity index (χ1v) is 5.62. The predicted octanol–water partition coefficient (Wildman–Crippen LogP) is 1.97. The molecule has 2 heterocycles. The Hall–Kier alpha value is -0.380. The van der Waals surface area contributed by atoms with Gasteiger partial charge in [-0.15, -0.1) is 11.3 Å². The second kappa shape index (κ2) is 4.22. The van der Waals surface area contributed by atoms with E-state index >= 15 is 0 Å². The van der Waals surface area contributed by atoms with E-state index in [0.29, 0.717) is 0 Å². The average molecular weight is 197 g/mol. The highest BCUT2D eigenvalue weighted by Crippen LogP contribution is 2.30. The average Bonchev–Trinajstić information content (AvgIpc) is 2.52. The Labute approximate surface area is 82.9 Å². The Morgan fingerprint density at radius 1 is 1.69 bits per heavy atom. The van der Waals surface area contributed by atoms with E-state index in [4.69, 9.17) is 4.74 Å². The first-order valence-electron chi connectivity index (χ1n) is 4.74. The normalized spacial score (nSPS) is 22.4. The van der Waals surface area contributed by atoms with Crippen molar-refractivity contribution < 1.29 is 4.74 Å². The first kappa shape index (κ1) is 9.19. The van der Waals surface area contributed by atoms with Gasteiger partial charge in [0.25, 0.3) is 0 Å². The molecular formula is C10H15NOS. The van der Waals surface area contributed by atoms with Crippen LogP contribution >= 0.6 is 11.3 Å². The molecule has 0 amide bonds. The third kappa shape index (κ3) is 1.93. The lowest BCUT2D eigenvalue weighted by Gasteiger charge is -2.14. The zero-order chi connectivity index (χ0) is 9.10. The SMILES string of the molecule is CNCC1OCCCc2ccsc21. The van der Waals surface area contributed by atoms with Crippen molar-refractivity contribution in [2.45, 2.75) is 18.9 Å². The minimum absolute atomic E-state index is 0.280. The molecule has 3 heteroatoms. The van der Waals surface area contributed by atoms with Gasteiger partial charge in [-0.05, 0) is 36.9 Å². The molecule has 1 atom stereocenters. The minimum Gasteiger partial charge on any atom is -0.371 e. The van der Waals surface area contributed by atoms with E-state index in [1.54, 1.807) is 0 Å². The molecule has 0 aliphatic carbocycles. The molecule has 1 aliphatic heterocycles. The summed E-state index contributed by atoms with van der Waals surface area (Å²) in [7, 11) is 1.97. The van der Waals surface area contributed by atoms with E-state index in [1.165, 1.54) is 16.9 Å². The van der Waals surface area contributed by atoms with Crippen LogP contribution in [-0.4, -0.2) is 20.2 Å². The molecule has 0 saturated carbocycles. The van der Waals surface area contributed by atoms with Gasteiger partial charge in [-0.1, -0.05) is 0 Å². The van der Waals surface area contributed by atoms with Crippen LogP contribution in [0.2, 0.25) is 0 Å². The maximum atomic E-state index is 5.78. The van der Waals surface area contributed by atoms with Crippen LogP contribution in [0.4, 0.5) is 0 Å². The molecule has 1 N–H and O–H groups in total. The molecule has 72 valence electrons. The standard InChI is InChI=1S/C10H15NOS/c1-11-7-9-10-8(4-6-13-10)3-2-5-12-9/h4,6,9,11H,2-3,5,7H2,1H3. The van der Waals surface area contributed by atoms with E-state index in [-0.39, 0.29) is 6.10 Å². The van der Waals surface area contributed by atoms with Gasteiger partial charge in [-0.3, -0.25) is 0 Å². The Kier molecular flexibility index (Phi) is 2.98. The van der Waals surface area contributed by atoms with Crippen molar-refractivity contribution in [2.75, 3.05) is 20.2 Å². The molecule has 0 radical (unpaired) electrons. The molecule has 1 aliphatic rings. The lowest BCUT2D eigenvalue weighted by molar-refractivity contribution is 0.0600. The Bertz CT molecular complexity index is 272. The van der Waals surface area contributed by atoms with E-state index < -0.39 is 0 Å². The zero-order valence-corrected chi connectivity index (χ0v) is 8.69. The number of aryl methyl sites for hydroxylation is 1. The summed E-state index contributed by atoms with van der Waals surface area (Å²) in [5.74, 6) is 0. The van der Waals surface area contributed by atoms with Crippen molar-refractivity contribution in [3.8, 4) is 0 Å². The fraction of sp³-hybridized carbons (Fsp3) is 0.600. The minimum atomic E-state index is 0.280. The van der Waals surface area contributed by atoms with Crippen LogP contribution in [0.3, 0.4) is 0 Å². The Morgan fingerprint density at radius 3 is 3.46 bits per heavy atom. The van der Waals surface area contributed by atoms with E-state index in [9.17, 15) is 0 Å². The van der Waals surface area contributed by atoms with Crippen LogP contribution in [0.1, 0.15) is 23.0 Å². The summed E-state index contributed by atoms with van der Waals surface area (Å²) in [5.41, 5.74) is 1.49. The second-order valence-corrected chi connectivity index (χ2v) is 4.28. The fourth-order valence-electron chi connectivity index (χ4n) is 1.74. The molecule has 1 aromatic heterocycles. The van der Waals surface area contributed by atoms with Gasteiger partial charge in [-0.25, -0.2) is 0 Å². The Balaban J connectivity index is 2.20. The van der Waals surface area contributed by atoms with E-state index in [2.05, 4.69) is 16.8 Å². The van der Waals surface area contributed by atoms with Gasteiger partial charge < -0.3 is 10.1 Å². The molecule has 1 aromatic rings. The van der Waals surface area contributed by atoms with Gasteiger partial charge in [0.05, 0.1) is 0 Å². The molecule has 2 rings (SSSR count). The molecule has 2 nitrogen and oxygen atoms in total. The highest BCUT2D eigenvalue weighted by atomic mass is 32.1. The van der Waals surface area contributed by atoms with Crippen LogP contribution in [0, 0.1) is 0 Å². The van der Waals surface area contributed by atoms with E-state index in [1.807, 2.05) is 18.4 Å². The van der Waals surface area contributed by atoms with Crippen LogP contribution < -0.4 is 5.32 Å². The molecule has 0 saturated heterocycles. The molecule has 13 heavy (non-hydrogen) atoms. The number of hydrogen-bond donors (Lipinski definition) is 1. The molecule has 0 spiro atoms. The molecule has 1 unspecified atom stereocenters. The number of likely N-dealkylation sites (N-methyl/N-ethyl adjacent to an activating group) is 1. The van der Waals surface area contributed by atoms with Gasteiger partial charge in [0, 0.05) is 18.0 Å². The number of hydrogen-bond acceptors (Lipinski definition) is 3. The number of ether oxygens (including phenoxy) is 1. The van der Waals surface area contributed by atoms with E-state index in [0.717, 1.165) is 19.6 Å². The summed E-state index contributed by atoms with van der Waals surface area (Å²) in [5, 5.41) is 5.35. The smallest absolute Gasteiger partial charge is 0.104 e. The van der Waals surface area contributed by atoms with Crippen LogP contribution in [0.25, 0.3) is 0 Å². The summed E-state index contributed by atoms with van der Waals surface area (Å²) >= 11 is 1.82. The molecule has 0 fully saturated rings. The summed E-state index contributed by atoms with van der Waals surface area (Å²) in [4.78, 5) is 1.42. The van der Waals surface area contributed by atoms with Gasteiger partial charge in [0.2, 0.25) is 0 Å². The number of nitrogens with one attached hydrogen (secondary N) is 1. The number of rotatable bonds is 2. The number of fused-ring (bicyclic) bond motifs is 1. The van der Waals surface area contributed by atoms with Gasteiger partial charge in [0.1, 0.15) is 6.10 Å². The van der Waals surface area contributed by atoms with Gasteiger partial charge >= 0.3 is 0 Å². The van der Waals surface area contributed by atoms with Crippen molar-refractivity contribution >= 4 is 11.3 Å². The molecular weight excluding hydrogens is 182 g/mol. The molecule has 0 bridgehead atoms. The van der Waals surface area contributed by atoms with Crippen LogP contribution in [0.15, 0.2) is 11.4 Å². The first-order chi connectivity index (χ1) is 6.42. The highest BCUT2D eigenvalue weighted by molar-refractivity contribution is 7.10. The monoisotopic (exact) mass is 197 g/mol.